The van der Waals surface area contributed by atoms with Crippen LogP contribution in [0.25, 0.3) is 0 Å². The maximum absolute atomic E-state index is 11.1. The summed E-state index contributed by atoms with van der Waals surface area (Å²) in [5.74, 6) is 0.607. The summed E-state index contributed by atoms with van der Waals surface area (Å²) in [5.41, 5.74) is 1.63. The van der Waals surface area contributed by atoms with Gasteiger partial charge in [0.25, 0.3) is 0 Å². The zero-order valence-electron chi connectivity index (χ0n) is 11.0. The lowest BCUT2D eigenvalue weighted by Crippen LogP contribution is -2.09. The molecule has 0 amide bonds. The Morgan fingerprint density at radius 1 is 1.44 bits per heavy atom. The number of hydrogen-bond acceptors (Lipinski definition) is 4. The summed E-state index contributed by atoms with van der Waals surface area (Å²) >= 11 is 0. The first kappa shape index (κ1) is 12.7. The molecule has 0 aliphatic heterocycles. The first-order chi connectivity index (χ1) is 8.45. The van der Waals surface area contributed by atoms with E-state index in [-0.39, 0.29) is 10.6 Å². The normalized spacial score (nSPS) is 20.3. The highest BCUT2D eigenvalue weighted by Gasteiger charge is 2.45. The molecule has 5 nitrogen and oxygen atoms in total. The molecule has 1 aromatic rings. The highest BCUT2D eigenvalue weighted by Crippen LogP contribution is 2.51. The molecular weight excluding hydrogens is 230 g/mol. The van der Waals surface area contributed by atoms with Gasteiger partial charge in [-0.25, -0.2) is 0 Å². The Kier molecular flexibility index (Phi) is 3.15. The van der Waals surface area contributed by atoms with E-state index >= 15 is 0 Å². The van der Waals surface area contributed by atoms with Crippen LogP contribution in [0.4, 0.5) is 17.1 Å². The van der Waals surface area contributed by atoms with Crippen molar-refractivity contribution in [3.63, 3.8) is 0 Å². The monoisotopic (exact) mass is 249 g/mol. The van der Waals surface area contributed by atoms with Gasteiger partial charge in [0.1, 0.15) is 11.4 Å². The Morgan fingerprint density at radius 2 is 2.06 bits per heavy atom. The average molecular weight is 249 g/mol. The number of hydrogen-bond donors (Lipinski definition) is 2. The second-order valence-corrected chi connectivity index (χ2v) is 5.48. The molecule has 5 heteroatoms. The molecule has 0 heterocycles. The third kappa shape index (κ3) is 2.39. The van der Waals surface area contributed by atoms with Crippen molar-refractivity contribution in [3.8, 4) is 0 Å². The molecule has 1 aromatic carbocycles. The lowest BCUT2D eigenvalue weighted by atomic mass is 10.1. The number of nitrogens with zero attached hydrogens (tertiary/aromatic N) is 1. The predicted molar refractivity (Wildman–Crippen MR) is 73.0 cm³/mol. The molecule has 98 valence electrons. The Morgan fingerprint density at radius 3 is 2.56 bits per heavy atom. The van der Waals surface area contributed by atoms with Gasteiger partial charge >= 0.3 is 5.69 Å². The van der Waals surface area contributed by atoms with Crippen LogP contribution in [-0.4, -0.2) is 18.5 Å². The zero-order chi connectivity index (χ0) is 13.3. The second kappa shape index (κ2) is 4.48. The fraction of sp³-hybridized carbons (Fsp3) is 0.538. The molecule has 18 heavy (non-hydrogen) atoms. The van der Waals surface area contributed by atoms with Gasteiger partial charge in [-0.05, 0) is 29.9 Å². The maximum Gasteiger partial charge on any atom is 0.315 e. The lowest BCUT2D eigenvalue weighted by Gasteiger charge is -2.10. The van der Waals surface area contributed by atoms with Gasteiger partial charge in [-0.2, -0.15) is 0 Å². The number of anilines is 2. The van der Waals surface area contributed by atoms with Gasteiger partial charge in [0.2, 0.25) is 0 Å². The van der Waals surface area contributed by atoms with Crippen LogP contribution in [0.2, 0.25) is 0 Å². The molecule has 0 spiro atoms. The van der Waals surface area contributed by atoms with E-state index in [0.29, 0.717) is 22.7 Å². The van der Waals surface area contributed by atoms with Crippen molar-refractivity contribution in [1.82, 2.24) is 0 Å². The largest absolute Gasteiger partial charge is 0.382 e. The molecule has 0 aromatic heterocycles. The van der Waals surface area contributed by atoms with Crippen molar-refractivity contribution in [2.24, 2.45) is 11.3 Å². The van der Waals surface area contributed by atoms with Gasteiger partial charge in [0.15, 0.2) is 0 Å². The second-order valence-electron chi connectivity index (χ2n) is 5.48. The number of para-hydroxylation sites is 1. The van der Waals surface area contributed by atoms with Crippen molar-refractivity contribution in [3.05, 3.63) is 28.3 Å². The molecule has 2 rings (SSSR count). The fourth-order valence-electron chi connectivity index (χ4n) is 2.24. The summed E-state index contributed by atoms with van der Waals surface area (Å²) in [4.78, 5) is 10.8. The summed E-state index contributed by atoms with van der Waals surface area (Å²) in [6.07, 6.45) is 1.18. The topological polar surface area (TPSA) is 67.2 Å². The zero-order valence-corrected chi connectivity index (χ0v) is 11.0. The number of nitro groups is 1. The van der Waals surface area contributed by atoms with Gasteiger partial charge in [0.05, 0.1) is 4.92 Å². The van der Waals surface area contributed by atoms with E-state index in [0.717, 1.165) is 6.54 Å². The standard InChI is InChI=1S/C13H19N3O2/c1-13(2)7-9(13)8-15-11-6-4-5-10(14-3)12(11)16(17)18/h4-6,9,14-15H,7-8H2,1-3H3. The molecule has 0 radical (unpaired) electrons. The maximum atomic E-state index is 11.1. The minimum absolute atomic E-state index is 0.124. The molecular formula is C13H19N3O2. The molecule has 1 aliphatic carbocycles. The Balaban J connectivity index is 2.14. The summed E-state index contributed by atoms with van der Waals surface area (Å²) in [6, 6.07) is 5.29. The van der Waals surface area contributed by atoms with E-state index in [1.54, 1.807) is 19.2 Å². The van der Waals surface area contributed by atoms with Gasteiger partial charge in [-0.1, -0.05) is 19.9 Å². The molecule has 1 saturated carbocycles. The summed E-state index contributed by atoms with van der Waals surface area (Å²) in [6.45, 7) is 5.23. The van der Waals surface area contributed by atoms with Gasteiger partial charge < -0.3 is 10.6 Å². The highest BCUT2D eigenvalue weighted by atomic mass is 16.6. The third-order valence-electron chi connectivity index (χ3n) is 3.74. The summed E-state index contributed by atoms with van der Waals surface area (Å²) < 4.78 is 0. The van der Waals surface area contributed by atoms with Crippen molar-refractivity contribution in [2.75, 3.05) is 24.2 Å². The van der Waals surface area contributed by atoms with Crippen molar-refractivity contribution < 1.29 is 4.92 Å². The van der Waals surface area contributed by atoms with Gasteiger partial charge in [-0.15, -0.1) is 0 Å². The van der Waals surface area contributed by atoms with Gasteiger partial charge in [0, 0.05) is 13.6 Å². The van der Waals surface area contributed by atoms with Crippen LogP contribution in [0.1, 0.15) is 20.3 Å². The van der Waals surface area contributed by atoms with Crippen molar-refractivity contribution in [1.29, 1.82) is 0 Å². The lowest BCUT2D eigenvalue weighted by molar-refractivity contribution is -0.383. The molecule has 1 unspecified atom stereocenters. The summed E-state index contributed by atoms with van der Waals surface area (Å²) in [7, 11) is 1.69. The predicted octanol–water partition coefficient (Wildman–Crippen LogP) is 3.09. The highest BCUT2D eigenvalue weighted by molar-refractivity contribution is 5.76. The van der Waals surface area contributed by atoms with E-state index in [9.17, 15) is 10.1 Å². The van der Waals surface area contributed by atoms with E-state index in [1.807, 2.05) is 6.07 Å². The average Bonchev–Trinajstić information content (AvgIpc) is 2.93. The Labute approximate surface area is 107 Å². The molecule has 1 atom stereocenters. The van der Waals surface area contributed by atoms with E-state index in [2.05, 4.69) is 24.5 Å². The smallest absolute Gasteiger partial charge is 0.315 e. The SMILES string of the molecule is CNc1cccc(NCC2CC2(C)C)c1[N+](=O)[O-]. The number of nitrogens with one attached hydrogen (secondary N) is 2. The van der Waals surface area contributed by atoms with Gasteiger partial charge in [-0.3, -0.25) is 10.1 Å². The molecule has 1 fully saturated rings. The van der Waals surface area contributed by atoms with E-state index in [1.165, 1.54) is 6.42 Å². The fourth-order valence-corrected chi connectivity index (χ4v) is 2.24. The number of rotatable bonds is 5. The first-order valence-corrected chi connectivity index (χ1v) is 6.15. The Hall–Kier alpha value is -1.78. The molecule has 0 saturated heterocycles. The van der Waals surface area contributed by atoms with Crippen LogP contribution in [0, 0.1) is 21.4 Å². The van der Waals surface area contributed by atoms with Crippen LogP contribution in [-0.2, 0) is 0 Å². The van der Waals surface area contributed by atoms with Crippen LogP contribution in [0.5, 0.6) is 0 Å². The molecule has 0 bridgehead atoms. The molecule has 2 N–H and O–H groups in total. The summed E-state index contributed by atoms with van der Waals surface area (Å²) in [5, 5.41) is 17.2. The minimum atomic E-state index is -0.341. The Bertz CT molecular complexity index is 471. The third-order valence-corrected chi connectivity index (χ3v) is 3.74. The number of benzene rings is 1. The van der Waals surface area contributed by atoms with Crippen LogP contribution >= 0.6 is 0 Å². The van der Waals surface area contributed by atoms with Crippen molar-refractivity contribution in [2.45, 2.75) is 20.3 Å². The van der Waals surface area contributed by atoms with Crippen LogP contribution in [0.3, 0.4) is 0 Å². The van der Waals surface area contributed by atoms with Crippen LogP contribution in [0.15, 0.2) is 18.2 Å². The van der Waals surface area contributed by atoms with E-state index < -0.39 is 0 Å². The van der Waals surface area contributed by atoms with E-state index in [4.69, 9.17) is 0 Å². The first-order valence-electron chi connectivity index (χ1n) is 6.15. The number of nitro benzene ring substituents is 1. The minimum Gasteiger partial charge on any atom is -0.382 e. The van der Waals surface area contributed by atoms with Crippen molar-refractivity contribution >= 4 is 17.1 Å². The molecule has 1 aliphatic rings. The van der Waals surface area contributed by atoms with Crippen LogP contribution < -0.4 is 10.6 Å². The quantitative estimate of drug-likeness (QED) is 0.621.